The van der Waals surface area contributed by atoms with Crippen LogP contribution in [0.25, 0.3) is 0 Å². The molecule has 0 spiro atoms. The second kappa shape index (κ2) is 4.46. The molecule has 0 aromatic rings. The van der Waals surface area contributed by atoms with Crippen molar-refractivity contribution >= 4 is 5.91 Å². The molecule has 2 unspecified atom stereocenters. The van der Waals surface area contributed by atoms with E-state index in [1.807, 2.05) is 0 Å². The maximum Gasteiger partial charge on any atom is 0.282 e. The normalized spacial score (nSPS) is 31.9. The molecule has 2 aliphatic rings. The minimum absolute atomic E-state index is 0.0286. The lowest BCUT2D eigenvalue weighted by Crippen LogP contribution is -2.60. The molecule has 0 radical (unpaired) electrons. The van der Waals surface area contributed by atoms with Crippen molar-refractivity contribution < 1.29 is 13.6 Å². The van der Waals surface area contributed by atoms with Crippen molar-refractivity contribution in [2.75, 3.05) is 13.1 Å². The van der Waals surface area contributed by atoms with Gasteiger partial charge in [0.1, 0.15) is 0 Å². The van der Waals surface area contributed by atoms with Gasteiger partial charge in [-0.1, -0.05) is 27.2 Å². The topological polar surface area (TPSA) is 20.3 Å². The van der Waals surface area contributed by atoms with Crippen LogP contribution >= 0.6 is 0 Å². The van der Waals surface area contributed by atoms with Gasteiger partial charge in [-0.3, -0.25) is 4.79 Å². The van der Waals surface area contributed by atoms with E-state index in [9.17, 15) is 13.6 Å². The molecule has 0 bridgehead atoms. The fourth-order valence-corrected chi connectivity index (χ4v) is 3.13. The molecule has 2 atom stereocenters. The maximum atomic E-state index is 12.8. The number of amides is 1. The Morgan fingerprint density at radius 1 is 1.22 bits per heavy atom. The van der Waals surface area contributed by atoms with Crippen LogP contribution in [-0.4, -0.2) is 29.8 Å². The van der Waals surface area contributed by atoms with E-state index < -0.39 is 5.92 Å². The van der Waals surface area contributed by atoms with Crippen LogP contribution in [-0.2, 0) is 4.79 Å². The number of alkyl halides is 2. The van der Waals surface area contributed by atoms with E-state index in [2.05, 4.69) is 20.8 Å². The number of likely N-dealkylation sites (tertiary alicyclic amines) is 1. The van der Waals surface area contributed by atoms with Gasteiger partial charge in [0.05, 0.1) is 13.1 Å². The van der Waals surface area contributed by atoms with Crippen molar-refractivity contribution in [3.63, 3.8) is 0 Å². The summed E-state index contributed by atoms with van der Waals surface area (Å²) in [6.45, 7) is 5.85. The second-order valence-corrected chi connectivity index (χ2v) is 6.98. The molecule has 1 heterocycles. The molecule has 1 aliphatic heterocycles. The van der Waals surface area contributed by atoms with Crippen LogP contribution in [0.15, 0.2) is 0 Å². The Hall–Kier alpha value is -0.670. The molecule has 1 saturated heterocycles. The smallest absolute Gasteiger partial charge is 0.282 e. The molecule has 2 nitrogen and oxygen atoms in total. The van der Waals surface area contributed by atoms with Crippen molar-refractivity contribution in [3.8, 4) is 0 Å². The van der Waals surface area contributed by atoms with Crippen molar-refractivity contribution in [1.82, 2.24) is 4.90 Å². The summed E-state index contributed by atoms with van der Waals surface area (Å²) in [6.07, 6.45) is 3.93. The number of carbonyl (C=O) groups excluding carboxylic acids is 1. The number of hydrogen-bond acceptors (Lipinski definition) is 1. The summed E-state index contributed by atoms with van der Waals surface area (Å²) in [5, 5.41) is 0. The lowest BCUT2D eigenvalue weighted by Gasteiger charge is -2.43. The lowest BCUT2D eigenvalue weighted by molar-refractivity contribution is -0.171. The third kappa shape index (κ3) is 2.83. The fraction of sp³-hybridized carbons (Fsp3) is 0.929. The Bertz CT molecular complexity index is 327. The number of hydrogen-bond donors (Lipinski definition) is 0. The summed E-state index contributed by atoms with van der Waals surface area (Å²) in [7, 11) is 0. The van der Waals surface area contributed by atoms with Crippen LogP contribution in [0.1, 0.15) is 46.5 Å². The molecular weight excluding hydrogens is 236 g/mol. The van der Waals surface area contributed by atoms with Gasteiger partial charge < -0.3 is 4.90 Å². The average Bonchev–Trinajstić information content (AvgIpc) is 2.24. The maximum absolute atomic E-state index is 12.8. The Balaban J connectivity index is 1.91. The predicted octanol–water partition coefficient (Wildman–Crippen LogP) is 3.32. The fourth-order valence-electron chi connectivity index (χ4n) is 3.13. The molecule has 0 aromatic heterocycles. The van der Waals surface area contributed by atoms with Crippen LogP contribution in [0, 0.1) is 17.3 Å². The first-order valence-corrected chi connectivity index (χ1v) is 6.86. The van der Waals surface area contributed by atoms with Gasteiger partial charge in [0.25, 0.3) is 5.92 Å². The van der Waals surface area contributed by atoms with E-state index >= 15 is 0 Å². The van der Waals surface area contributed by atoms with Gasteiger partial charge in [-0.05, 0) is 30.6 Å². The quantitative estimate of drug-likeness (QED) is 0.707. The molecule has 4 heteroatoms. The third-order valence-electron chi connectivity index (χ3n) is 4.40. The van der Waals surface area contributed by atoms with E-state index in [1.165, 1.54) is 4.90 Å². The molecule has 1 amide bonds. The van der Waals surface area contributed by atoms with E-state index in [0.717, 1.165) is 25.7 Å². The van der Waals surface area contributed by atoms with Crippen LogP contribution in [0.4, 0.5) is 8.78 Å². The summed E-state index contributed by atoms with van der Waals surface area (Å²) in [5.41, 5.74) is 0.206. The largest absolute Gasteiger partial charge is 0.330 e. The van der Waals surface area contributed by atoms with Gasteiger partial charge in [0.2, 0.25) is 5.91 Å². The molecule has 104 valence electrons. The molecule has 2 fully saturated rings. The molecule has 2 rings (SSSR count). The van der Waals surface area contributed by atoms with Gasteiger partial charge in [0.15, 0.2) is 0 Å². The molecular formula is C14H23F2NO. The summed E-state index contributed by atoms with van der Waals surface area (Å²) in [5.74, 6) is -2.19. The molecule has 1 saturated carbocycles. The van der Waals surface area contributed by atoms with Crippen LogP contribution in [0.5, 0.6) is 0 Å². The van der Waals surface area contributed by atoms with E-state index in [1.54, 1.807) is 0 Å². The summed E-state index contributed by atoms with van der Waals surface area (Å²) >= 11 is 0. The number of nitrogens with zero attached hydrogens (tertiary/aromatic N) is 1. The minimum atomic E-state index is -2.65. The highest BCUT2D eigenvalue weighted by Gasteiger charge is 2.48. The van der Waals surface area contributed by atoms with Crippen LogP contribution in [0.2, 0.25) is 0 Å². The zero-order valence-electron chi connectivity index (χ0n) is 11.5. The van der Waals surface area contributed by atoms with Crippen LogP contribution < -0.4 is 0 Å². The average molecular weight is 259 g/mol. The zero-order chi connectivity index (χ0) is 13.6. The molecule has 1 aliphatic carbocycles. The van der Waals surface area contributed by atoms with Crippen LogP contribution in [0.3, 0.4) is 0 Å². The Morgan fingerprint density at radius 2 is 1.83 bits per heavy atom. The van der Waals surface area contributed by atoms with Gasteiger partial charge in [-0.15, -0.1) is 0 Å². The summed E-state index contributed by atoms with van der Waals surface area (Å²) in [6, 6.07) is 0. The van der Waals surface area contributed by atoms with E-state index in [0.29, 0.717) is 5.92 Å². The first-order valence-electron chi connectivity index (χ1n) is 6.86. The van der Waals surface area contributed by atoms with Crippen molar-refractivity contribution in [1.29, 1.82) is 0 Å². The highest BCUT2D eigenvalue weighted by Crippen LogP contribution is 2.41. The van der Waals surface area contributed by atoms with Gasteiger partial charge in [0, 0.05) is 5.92 Å². The highest BCUT2D eigenvalue weighted by atomic mass is 19.3. The highest BCUT2D eigenvalue weighted by molar-refractivity contribution is 5.80. The van der Waals surface area contributed by atoms with Crippen molar-refractivity contribution in [2.24, 2.45) is 17.3 Å². The first kappa shape index (κ1) is 13.8. The van der Waals surface area contributed by atoms with Gasteiger partial charge in [-0.2, -0.15) is 0 Å². The Kier molecular flexibility index (Phi) is 3.41. The van der Waals surface area contributed by atoms with Crippen molar-refractivity contribution in [3.05, 3.63) is 0 Å². The minimum Gasteiger partial charge on any atom is -0.330 e. The van der Waals surface area contributed by atoms with Gasteiger partial charge >= 0.3 is 0 Å². The van der Waals surface area contributed by atoms with Gasteiger partial charge in [-0.25, -0.2) is 8.78 Å². The third-order valence-corrected chi connectivity index (χ3v) is 4.40. The zero-order valence-corrected chi connectivity index (χ0v) is 11.5. The molecule has 18 heavy (non-hydrogen) atoms. The number of carbonyl (C=O) groups is 1. The summed E-state index contributed by atoms with van der Waals surface area (Å²) in [4.78, 5) is 13.5. The monoisotopic (exact) mass is 259 g/mol. The molecule has 0 aromatic carbocycles. The Morgan fingerprint density at radius 3 is 2.33 bits per heavy atom. The van der Waals surface area contributed by atoms with Crippen molar-refractivity contribution in [2.45, 2.75) is 52.4 Å². The first-order chi connectivity index (χ1) is 8.19. The second-order valence-electron chi connectivity index (χ2n) is 6.98. The standard InChI is InChI=1S/C14H23F2NO/c1-13(2,3)11-6-4-5-10(7-11)12(18)17-8-14(15,16)9-17/h10-11H,4-9H2,1-3H3. The van der Waals surface area contributed by atoms with E-state index in [4.69, 9.17) is 0 Å². The number of halogens is 2. The predicted molar refractivity (Wildman–Crippen MR) is 66.4 cm³/mol. The molecule has 0 N–H and O–H groups in total. The Labute approximate surface area is 108 Å². The lowest BCUT2D eigenvalue weighted by atomic mass is 9.69. The van der Waals surface area contributed by atoms with E-state index in [-0.39, 0.29) is 30.3 Å². The SMILES string of the molecule is CC(C)(C)C1CCCC(C(=O)N2CC(F)(F)C2)C1. The number of rotatable bonds is 1. The summed E-state index contributed by atoms with van der Waals surface area (Å²) < 4.78 is 25.6.